The monoisotopic (exact) mass is 201 g/mol. The first kappa shape index (κ1) is 8.47. The molecule has 5 heteroatoms. The maximum absolute atomic E-state index is 5.95. The molecule has 0 aliphatic carbocycles. The lowest BCUT2D eigenvalue weighted by atomic mass is 10.2. The normalized spacial score (nSPS) is 14.0. The van der Waals surface area contributed by atoms with Gasteiger partial charge < -0.3 is 9.47 Å². The van der Waals surface area contributed by atoms with E-state index in [-0.39, 0.29) is 0 Å². The highest BCUT2D eigenvalue weighted by Gasteiger charge is 2.16. The topological polar surface area (TPSA) is 58.1 Å². The lowest BCUT2D eigenvalue weighted by molar-refractivity contribution is -0.325. The minimum atomic E-state index is 0.545. The summed E-state index contributed by atoms with van der Waals surface area (Å²) in [5.74, 6) is 4.83. The van der Waals surface area contributed by atoms with E-state index in [1.807, 2.05) is 6.07 Å². The molecular weight excluding hydrogens is 192 g/mol. The van der Waals surface area contributed by atoms with E-state index in [1.54, 1.807) is 6.07 Å². The lowest BCUT2D eigenvalue weighted by Gasteiger charge is -2.19. The fourth-order valence-corrected chi connectivity index (χ4v) is 1.48. The highest BCUT2D eigenvalue weighted by Crippen LogP contribution is 2.39. The summed E-state index contributed by atoms with van der Waals surface area (Å²) < 4.78 is 10.7. The highest BCUT2D eigenvalue weighted by atomic mass is 35.5. The number of hydrogen-bond acceptors (Lipinski definition) is 3. The van der Waals surface area contributed by atoms with Crippen molar-refractivity contribution in [2.45, 2.75) is 0 Å². The van der Waals surface area contributed by atoms with Crippen molar-refractivity contribution in [1.82, 2.24) is 0 Å². The molecule has 4 N–H and O–H groups in total. The fraction of sp³-hybridized carbons (Fsp3) is 0.250. The molecule has 0 amide bonds. The Hall–Kier alpha value is -1.13. The summed E-state index contributed by atoms with van der Waals surface area (Å²) in [6, 6.07) is 3.56. The Labute approximate surface area is 80.5 Å². The van der Waals surface area contributed by atoms with Crippen LogP contribution in [0.25, 0.3) is 0 Å². The number of nitrogens with one attached hydrogen (secondary N) is 1. The molecule has 0 bridgehead atoms. The third-order valence-electron chi connectivity index (χ3n) is 1.80. The van der Waals surface area contributed by atoms with Crippen LogP contribution < -0.4 is 20.7 Å². The molecule has 2 rings (SSSR count). The van der Waals surface area contributed by atoms with Gasteiger partial charge in [0.25, 0.3) is 0 Å². The lowest BCUT2D eigenvalue weighted by Crippen LogP contribution is -2.56. The van der Waals surface area contributed by atoms with Crippen molar-refractivity contribution >= 4 is 17.3 Å². The number of benzene rings is 1. The Bertz CT molecular complexity index is 330. The number of anilines is 1. The smallest absolute Gasteiger partial charge is 0.180 e. The van der Waals surface area contributed by atoms with Gasteiger partial charge >= 0.3 is 0 Å². The van der Waals surface area contributed by atoms with Crippen molar-refractivity contribution in [3.8, 4) is 11.5 Å². The number of fused-ring (bicyclic) bond motifs is 1. The third kappa shape index (κ3) is 1.50. The standard InChI is InChI=1S/C8H9ClN2O2/c9-6-3-5(11-10)4-7-8(6)13-2-1-12-7/h3-4,11H,1-2,10H2/p+1. The van der Waals surface area contributed by atoms with Crippen molar-refractivity contribution in [1.29, 1.82) is 0 Å². The Morgan fingerprint density at radius 3 is 2.85 bits per heavy atom. The van der Waals surface area contributed by atoms with E-state index >= 15 is 0 Å². The maximum Gasteiger partial charge on any atom is 0.180 e. The van der Waals surface area contributed by atoms with Crippen molar-refractivity contribution in [3.63, 3.8) is 0 Å². The third-order valence-corrected chi connectivity index (χ3v) is 2.08. The van der Waals surface area contributed by atoms with Gasteiger partial charge in [0, 0.05) is 6.07 Å². The van der Waals surface area contributed by atoms with Gasteiger partial charge in [-0.15, -0.1) is 0 Å². The van der Waals surface area contributed by atoms with Crippen LogP contribution in [0.1, 0.15) is 0 Å². The Balaban J connectivity index is 2.47. The van der Waals surface area contributed by atoms with Crippen LogP contribution in [0.3, 0.4) is 0 Å². The number of ether oxygens (including phenoxy) is 2. The van der Waals surface area contributed by atoms with E-state index in [0.29, 0.717) is 29.7 Å². The van der Waals surface area contributed by atoms with Crippen LogP contribution in [-0.4, -0.2) is 13.2 Å². The van der Waals surface area contributed by atoms with Gasteiger partial charge in [0.05, 0.1) is 10.7 Å². The van der Waals surface area contributed by atoms with Crippen LogP contribution in [0.15, 0.2) is 12.1 Å². The molecule has 0 radical (unpaired) electrons. The molecule has 0 fully saturated rings. The van der Waals surface area contributed by atoms with E-state index in [9.17, 15) is 0 Å². The molecular formula is C8H10ClN2O2+. The first-order chi connectivity index (χ1) is 6.31. The minimum absolute atomic E-state index is 0.545. The van der Waals surface area contributed by atoms with Gasteiger partial charge in [-0.3, -0.25) is 5.84 Å². The first-order valence-corrected chi connectivity index (χ1v) is 4.31. The second-order valence-electron chi connectivity index (χ2n) is 2.66. The zero-order valence-electron chi connectivity index (χ0n) is 6.97. The molecule has 13 heavy (non-hydrogen) atoms. The van der Waals surface area contributed by atoms with E-state index in [1.165, 1.54) is 0 Å². The molecule has 1 aliphatic rings. The van der Waals surface area contributed by atoms with Gasteiger partial charge in [-0.25, -0.2) is 5.43 Å². The van der Waals surface area contributed by atoms with Crippen molar-refractivity contribution in [2.24, 2.45) is 0 Å². The van der Waals surface area contributed by atoms with Crippen molar-refractivity contribution in [2.75, 3.05) is 18.6 Å². The van der Waals surface area contributed by atoms with Crippen LogP contribution in [-0.2, 0) is 0 Å². The predicted molar refractivity (Wildman–Crippen MR) is 49.0 cm³/mol. The summed E-state index contributed by atoms with van der Waals surface area (Å²) in [5, 5.41) is 0.545. The number of rotatable bonds is 1. The largest absolute Gasteiger partial charge is 0.486 e. The summed E-state index contributed by atoms with van der Waals surface area (Å²) in [5.41, 5.74) is 3.56. The Kier molecular flexibility index (Phi) is 2.16. The zero-order chi connectivity index (χ0) is 9.26. The van der Waals surface area contributed by atoms with Crippen molar-refractivity contribution < 1.29 is 15.3 Å². The number of halogens is 1. The molecule has 0 saturated heterocycles. The molecule has 0 unspecified atom stereocenters. The molecule has 1 aromatic carbocycles. The van der Waals surface area contributed by atoms with Gasteiger partial charge in [0.2, 0.25) is 0 Å². The molecule has 0 aromatic heterocycles. The predicted octanol–water partition coefficient (Wildman–Crippen LogP) is 0.680. The summed E-state index contributed by atoms with van der Waals surface area (Å²) in [7, 11) is 0. The van der Waals surface area contributed by atoms with Crippen molar-refractivity contribution in [3.05, 3.63) is 17.2 Å². The molecule has 1 aliphatic heterocycles. The molecule has 0 atom stereocenters. The molecule has 0 saturated carbocycles. The second-order valence-corrected chi connectivity index (χ2v) is 3.07. The SMILES string of the molecule is [NH3+]Nc1cc(Cl)c2c(c1)OCCO2. The van der Waals surface area contributed by atoms with E-state index in [2.05, 4.69) is 11.3 Å². The maximum atomic E-state index is 5.95. The summed E-state index contributed by atoms with van der Waals surface area (Å²) in [6.07, 6.45) is 0. The van der Waals surface area contributed by atoms with Gasteiger partial charge in [-0.1, -0.05) is 11.6 Å². The van der Waals surface area contributed by atoms with Crippen LogP contribution >= 0.6 is 11.6 Å². The zero-order valence-corrected chi connectivity index (χ0v) is 7.73. The quantitative estimate of drug-likeness (QED) is 0.657. The Morgan fingerprint density at radius 1 is 1.31 bits per heavy atom. The Morgan fingerprint density at radius 2 is 2.08 bits per heavy atom. The summed E-state index contributed by atoms with van der Waals surface area (Å²) in [4.78, 5) is 0. The number of hydrogen-bond donors (Lipinski definition) is 2. The average molecular weight is 202 g/mol. The van der Waals surface area contributed by atoms with Gasteiger partial charge in [0.15, 0.2) is 11.5 Å². The van der Waals surface area contributed by atoms with Crippen LogP contribution in [0.2, 0.25) is 5.02 Å². The molecule has 0 spiro atoms. The van der Waals surface area contributed by atoms with Gasteiger partial charge in [0.1, 0.15) is 13.2 Å². The van der Waals surface area contributed by atoms with Crippen LogP contribution in [0.5, 0.6) is 11.5 Å². The molecule has 1 aromatic rings. The average Bonchev–Trinajstić information content (AvgIpc) is 2.18. The molecule has 70 valence electrons. The van der Waals surface area contributed by atoms with E-state index in [4.69, 9.17) is 21.1 Å². The van der Waals surface area contributed by atoms with Gasteiger partial charge in [-0.2, -0.15) is 0 Å². The fourth-order valence-electron chi connectivity index (χ4n) is 1.21. The van der Waals surface area contributed by atoms with Gasteiger partial charge in [-0.05, 0) is 6.07 Å². The number of quaternary nitrogens is 1. The summed E-state index contributed by atoms with van der Waals surface area (Å²) >= 11 is 5.95. The van der Waals surface area contributed by atoms with E-state index < -0.39 is 0 Å². The first-order valence-electron chi connectivity index (χ1n) is 3.93. The second kappa shape index (κ2) is 3.32. The minimum Gasteiger partial charge on any atom is -0.486 e. The highest BCUT2D eigenvalue weighted by molar-refractivity contribution is 6.32. The molecule has 1 heterocycles. The molecule has 4 nitrogen and oxygen atoms in total. The van der Waals surface area contributed by atoms with Crippen LogP contribution in [0, 0.1) is 0 Å². The van der Waals surface area contributed by atoms with Crippen LogP contribution in [0.4, 0.5) is 5.69 Å². The van der Waals surface area contributed by atoms with E-state index in [0.717, 1.165) is 5.69 Å². The summed E-state index contributed by atoms with van der Waals surface area (Å²) in [6.45, 7) is 1.10.